The molecule has 0 amide bonds. The van der Waals surface area contributed by atoms with Gasteiger partial charge in [-0.3, -0.25) is 0 Å². The van der Waals surface area contributed by atoms with E-state index in [0.717, 1.165) is 12.8 Å². The first kappa shape index (κ1) is 14.6. The summed E-state index contributed by atoms with van der Waals surface area (Å²) in [5, 5.41) is 0.924. The molecule has 2 aromatic rings. The maximum Gasteiger partial charge on any atom is 0.156 e. The molecule has 3 rings (SSSR count). The van der Waals surface area contributed by atoms with E-state index in [1.807, 2.05) is 0 Å². The minimum Gasteiger partial charge on any atom is -0.490 e. The number of anilines is 1. The molecule has 0 aliphatic heterocycles. The third-order valence-electron chi connectivity index (χ3n) is 3.94. The van der Waals surface area contributed by atoms with Crippen LogP contribution in [-0.4, -0.2) is 6.61 Å². The molecule has 4 heteroatoms. The van der Waals surface area contributed by atoms with E-state index < -0.39 is 0 Å². The van der Waals surface area contributed by atoms with Gasteiger partial charge in [-0.05, 0) is 42.5 Å². The summed E-state index contributed by atoms with van der Waals surface area (Å²) in [6, 6.07) is 11.9. The van der Waals surface area contributed by atoms with Crippen LogP contribution in [0.4, 0.5) is 5.69 Å². The lowest BCUT2D eigenvalue weighted by Gasteiger charge is -2.25. The van der Waals surface area contributed by atoms with E-state index in [-0.39, 0.29) is 0 Å². The first-order valence-electron chi connectivity index (χ1n) is 7.10. The molecule has 2 nitrogen and oxygen atoms in total. The molecule has 2 aromatic carbocycles. The lowest BCUT2D eigenvalue weighted by atomic mass is 9.83. The fourth-order valence-electron chi connectivity index (χ4n) is 2.93. The van der Waals surface area contributed by atoms with Crippen molar-refractivity contribution < 1.29 is 4.74 Å². The number of benzene rings is 2. The summed E-state index contributed by atoms with van der Waals surface area (Å²) < 4.78 is 5.90. The van der Waals surface area contributed by atoms with E-state index in [2.05, 4.69) is 24.3 Å². The van der Waals surface area contributed by atoms with Crippen LogP contribution in [0.3, 0.4) is 0 Å². The van der Waals surface area contributed by atoms with E-state index in [4.69, 9.17) is 33.7 Å². The summed E-state index contributed by atoms with van der Waals surface area (Å²) in [6.07, 6.45) is 3.46. The molecular formula is C17H17Cl2NO. The maximum atomic E-state index is 6.16. The molecule has 2 N–H and O–H groups in total. The predicted octanol–water partition coefficient (Wildman–Crippen LogP) is 5.07. The molecule has 110 valence electrons. The zero-order valence-corrected chi connectivity index (χ0v) is 13.1. The highest BCUT2D eigenvalue weighted by Gasteiger charge is 2.21. The highest BCUT2D eigenvalue weighted by atomic mass is 35.5. The van der Waals surface area contributed by atoms with Crippen molar-refractivity contribution in [3.05, 3.63) is 57.6 Å². The smallest absolute Gasteiger partial charge is 0.156 e. The number of ether oxygens (including phenoxy) is 1. The summed E-state index contributed by atoms with van der Waals surface area (Å²) in [5.41, 5.74) is 9.05. The molecule has 1 aliphatic carbocycles. The van der Waals surface area contributed by atoms with Gasteiger partial charge in [-0.25, -0.2) is 0 Å². The van der Waals surface area contributed by atoms with Gasteiger partial charge in [0, 0.05) is 11.6 Å². The molecule has 0 fully saturated rings. The van der Waals surface area contributed by atoms with E-state index in [0.29, 0.717) is 34.0 Å². The molecule has 0 radical (unpaired) electrons. The van der Waals surface area contributed by atoms with Gasteiger partial charge in [0.2, 0.25) is 0 Å². The van der Waals surface area contributed by atoms with Crippen molar-refractivity contribution in [2.24, 2.45) is 0 Å². The molecule has 0 bridgehead atoms. The molecule has 21 heavy (non-hydrogen) atoms. The largest absolute Gasteiger partial charge is 0.490 e. The molecule has 0 saturated heterocycles. The highest BCUT2D eigenvalue weighted by molar-refractivity contribution is 6.37. The van der Waals surface area contributed by atoms with Crippen molar-refractivity contribution in [1.29, 1.82) is 0 Å². The van der Waals surface area contributed by atoms with Gasteiger partial charge in [-0.15, -0.1) is 0 Å². The Hall–Kier alpha value is -1.38. The third-order valence-corrected chi connectivity index (χ3v) is 4.50. The number of fused-ring (bicyclic) bond motifs is 1. The van der Waals surface area contributed by atoms with Gasteiger partial charge in [0.05, 0.1) is 16.7 Å². The number of nitrogen functional groups attached to an aromatic ring is 1. The molecule has 0 saturated carbocycles. The Bertz CT molecular complexity index is 634. The SMILES string of the molecule is Nc1cc(Cl)c(OCC2CCCc3ccccc32)c(Cl)c1. The van der Waals surface area contributed by atoms with E-state index in [9.17, 15) is 0 Å². The van der Waals surface area contributed by atoms with E-state index >= 15 is 0 Å². The molecule has 1 aliphatic rings. The fraction of sp³-hybridized carbons (Fsp3) is 0.294. The van der Waals surface area contributed by atoms with Crippen LogP contribution in [0.25, 0.3) is 0 Å². The van der Waals surface area contributed by atoms with Crippen molar-refractivity contribution in [3.63, 3.8) is 0 Å². The predicted molar refractivity (Wildman–Crippen MR) is 88.5 cm³/mol. The Morgan fingerprint density at radius 2 is 1.86 bits per heavy atom. The molecule has 0 aromatic heterocycles. The summed E-state index contributed by atoms with van der Waals surface area (Å²) in [5.74, 6) is 0.912. The van der Waals surface area contributed by atoms with Crippen molar-refractivity contribution >= 4 is 28.9 Å². The van der Waals surface area contributed by atoms with Crippen molar-refractivity contribution in [3.8, 4) is 5.75 Å². The van der Waals surface area contributed by atoms with Gasteiger partial charge in [0.1, 0.15) is 0 Å². The van der Waals surface area contributed by atoms with Crippen LogP contribution in [-0.2, 0) is 6.42 Å². The fourth-order valence-corrected chi connectivity index (χ4v) is 3.54. The Kier molecular flexibility index (Phi) is 4.27. The summed E-state index contributed by atoms with van der Waals surface area (Å²) in [6.45, 7) is 0.584. The number of rotatable bonds is 3. The minimum absolute atomic E-state index is 0.389. The van der Waals surface area contributed by atoms with Gasteiger partial charge >= 0.3 is 0 Å². The zero-order valence-electron chi connectivity index (χ0n) is 11.6. The average Bonchev–Trinajstić information content (AvgIpc) is 2.46. The second kappa shape index (κ2) is 6.17. The molecule has 0 heterocycles. The topological polar surface area (TPSA) is 35.2 Å². The van der Waals surface area contributed by atoms with Crippen molar-refractivity contribution in [1.82, 2.24) is 0 Å². The number of halogens is 2. The molecule has 1 atom stereocenters. The Labute approximate surface area is 134 Å². The molecular weight excluding hydrogens is 305 g/mol. The lowest BCUT2D eigenvalue weighted by molar-refractivity contribution is 0.275. The summed E-state index contributed by atoms with van der Waals surface area (Å²) in [7, 11) is 0. The summed E-state index contributed by atoms with van der Waals surface area (Å²) in [4.78, 5) is 0. The minimum atomic E-state index is 0.389. The Balaban J connectivity index is 1.78. The van der Waals surface area contributed by atoms with Crippen LogP contribution in [0.15, 0.2) is 36.4 Å². The number of nitrogens with two attached hydrogens (primary N) is 1. The maximum absolute atomic E-state index is 6.16. The second-order valence-electron chi connectivity index (χ2n) is 5.41. The number of hydrogen-bond donors (Lipinski definition) is 1. The van der Waals surface area contributed by atoms with Gasteiger partial charge in [0.15, 0.2) is 5.75 Å². The standard InChI is InChI=1S/C17H17Cl2NO/c18-15-8-13(20)9-16(19)17(15)21-10-12-6-3-5-11-4-1-2-7-14(11)12/h1-2,4,7-9,12H,3,5-6,10,20H2. The van der Waals surface area contributed by atoms with Crippen LogP contribution < -0.4 is 10.5 Å². The van der Waals surface area contributed by atoms with Crippen LogP contribution >= 0.6 is 23.2 Å². The van der Waals surface area contributed by atoms with Gasteiger partial charge < -0.3 is 10.5 Å². The van der Waals surface area contributed by atoms with E-state index in [1.54, 1.807) is 12.1 Å². The monoisotopic (exact) mass is 321 g/mol. The first-order valence-corrected chi connectivity index (χ1v) is 7.86. The van der Waals surface area contributed by atoms with Gasteiger partial charge in [-0.2, -0.15) is 0 Å². The first-order chi connectivity index (χ1) is 10.1. The van der Waals surface area contributed by atoms with Crippen LogP contribution in [0.1, 0.15) is 29.9 Å². The lowest BCUT2D eigenvalue weighted by Crippen LogP contribution is -2.16. The third kappa shape index (κ3) is 3.12. The molecule has 1 unspecified atom stereocenters. The second-order valence-corrected chi connectivity index (χ2v) is 6.23. The highest BCUT2D eigenvalue weighted by Crippen LogP contribution is 2.37. The van der Waals surface area contributed by atoms with Gasteiger partial charge in [-0.1, -0.05) is 47.5 Å². The molecule has 0 spiro atoms. The Morgan fingerprint density at radius 3 is 2.62 bits per heavy atom. The quantitative estimate of drug-likeness (QED) is 0.800. The van der Waals surface area contributed by atoms with Crippen molar-refractivity contribution in [2.75, 3.05) is 12.3 Å². The zero-order chi connectivity index (χ0) is 14.8. The summed E-state index contributed by atoms with van der Waals surface area (Å²) >= 11 is 12.3. The van der Waals surface area contributed by atoms with Crippen LogP contribution in [0.2, 0.25) is 10.0 Å². The van der Waals surface area contributed by atoms with Crippen LogP contribution in [0, 0.1) is 0 Å². The number of hydrogen-bond acceptors (Lipinski definition) is 2. The van der Waals surface area contributed by atoms with Crippen LogP contribution in [0.5, 0.6) is 5.75 Å². The Morgan fingerprint density at radius 1 is 1.14 bits per heavy atom. The van der Waals surface area contributed by atoms with Crippen molar-refractivity contribution in [2.45, 2.75) is 25.2 Å². The van der Waals surface area contributed by atoms with E-state index in [1.165, 1.54) is 17.5 Å². The average molecular weight is 322 g/mol. The van der Waals surface area contributed by atoms with Gasteiger partial charge in [0.25, 0.3) is 0 Å². The normalized spacial score (nSPS) is 17.3. The number of aryl methyl sites for hydroxylation is 1.